The number of nitrogens with zero attached hydrogens (tertiary/aromatic N) is 2. The predicted molar refractivity (Wildman–Crippen MR) is 98.6 cm³/mol. The molecule has 0 aliphatic rings. The van der Waals surface area contributed by atoms with Gasteiger partial charge in [0.15, 0.2) is 0 Å². The lowest BCUT2D eigenvalue weighted by Gasteiger charge is -2.22. The molecule has 0 aromatic heterocycles. The molecule has 1 N–H and O–H groups in total. The van der Waals surface area contributed by atoms with Gasteiger partial charge in [-0.15, -0.1) is 0 Å². The number of benzene rings is 2. The van der Waals surface area contributed by atoms with Crippen molar-refractivity contribution in [3.05, 3.63) is 58.6 Å². The average Bonchev–Trinajstić information content (AvgIpc) is 2.59. The van der Waals surface area contributed by atoms with Crippen LogP contribution in [0.4, 0.5) is 11.4 Å². The van der Waals surface area contributed by atoms with Crippen molar-refractivity contribution >= 4 is 34.8 Å². The second-order valence-corrected chi connectivity index (χ2v) is 5.92. The minimum atomic E-state index is -0.231. The van der Waals surface area contributed by atoms with E-state index < -0.39 is 0 Å². The largest absolute Gasteiger partial charge is 0.326 e. The number of rotatable bonds is 5. The van der Waals surface area contributed by atoms with Crippen LogP contribution in [0.5, 0.6) is 0 Å². The molecule has 2 amide bonds. The molecule has 0 aliphatic carbocycles. The number of carbonyl (C=O) groups excluding carboxylic acids is 2. The Morgan fingerprint density at radius 2 is 1.92 bits per heavy atom. The van der Waals surface area contributed by atoms with E-state index in [-0.39, 0.29) is 24.8 Å². The standard InChI is InChI=1S/C19H18ClN3O2/c1-13-16(20)7-5-8-17(13)22-19(25)10-11-23(14(2)24)18-9-4-3-6-15(18)12-21/h3-9H,10-11H2,1-2H3,(H,22,25). The summed E-state index contributed by atoms with van der Waals surface area (Å²) in [6.45, 7) is 3.41. The number of carbonyl (C=O) groups is 2. The molecule has 0 aliphatic heterocycles. The summed E-state index contributed by atoms with van der Waals surface area (Å²) in [7, 11) is 0. The van der Waals surface area contributed by atoms with Gasteiger partial charge < -0.3 is 10.2 Å². The van der Waals surface area contributed by atoms with Gasteiger partial charge in [-0.2, -0.15) is 5.26 Å². The van der Waals surface area contributed by atoms with Crippen molar-refractivity contribution in [3.63, 3.8) is 0 Å². The van der Waals surface area contributed by atoms with Crippen molar-refractivity contribution in [1.29, 1.82) is 5.26 Å². The van der Waals surface area contributed by atoms with E-state index in [1.165, 1.54) is 11.8 Å². The van der Waals surface area contributed by atoms with Gasteiger partial charge in [0.1, 0.15) is 6.07 Å². The van der Waals surface area contributed by atoms with E-state index in [1.807, 2.05) is 6.92 Å². The van der Waals surface area contributed by atoms with Gasteiger partial charge in [-0.3, -0.25) is 9.59 Å². The fraction of sp³-hybridized carbons (Fsp3) is 0.211. The van der Waals surface area contributed by atoms with Crippen LogP contribution in [0.3, 0.4) is 0 Å². The second-order valence-electron chi connectivity index (χ2n) is 5.51. The number of para-hydroxylation sites is 1. The molecule has 0 heterocycles. The smallest absolute Gasteiger partial charge is 0.226 e. The van der Waals surface area contributed by atoms with Crippen LogP contribution in [-0.4, -0.2) is 18.4 Å². The quantitative estimate of drug-likeness (QED) is 0.883. The van der Waals surface area contributed by atoms with E-state index in [1.54, 1.807) is 42.5 Å². The molecular formula is C19H18ClN3O2. The molecule has 2 aromatic rings. The van der Waals surface area contributed by atoms with Crippen LogP contribution >= 0.6 is 11.6 Å². The maximum absolute atomic E-state index is 12.2. The molecule has 0 fully saturated rings. The zero-order valence-corrected chi connectivity index (χ0v) is 14.8. The first kappa shape index (κ1) is 18.5. The highest BCUT2D eigenvalue weighted by molar-refractivity contribution is 6.31. The molecule has 0 bridgehead atoms. The number of halogens is 1. The summed E-state index contributed by atoms with van der Waals surface area (Å²) < 4.78 is 0. The van der Waals surface area contributed by atoms with Crippen LogP contribution in [0, 0.1) is 18.3 Å². The summed E-state index contributed by atoms with van der Waals surface area (Å²) in [5.74, 6) is -0.458. The van der Waals surface area contributed by atoms with Crippen molar-refractivity contribution in [1.82, 2.24) is 0 Å². The Bertz CT molecular complexity index is 843. The zero-order valence-electron chi connectivity index (χ0n) is 14.0. The van der Waals surface area contributed by atoms with Crippen LogP contribution < -0.4 is 10.2 Å². The first-order valence-corrected chi connectivity index (χ1v) is 8.14. The lowest BCUT2D eigenvalue weighted by Crippen LogP contribution is -2.32. The maximum Gasteiger partial charge on any atom is 0.226 e. The molecule has 0 saturated carbocycles. The molecule has 2 aromatic carbocycles. The molecule has 128 valence electrons. The third-order valence-corrected chi connectivity index (χ3v) is 4.21. The van der Waals surface area contributed by atoms with Crippen molar-refractivity contribution in [2.45, 2.75) is 20.3 Å². The molecular weight excluding hydrogens is 338 g/mol. The van der Waals surface area contributed by atoms with E-state index in [9.17, 15) is 14.9 Å². The normalized spacial score (nSPS) is 10.0. The van der Waals surface area contributed by atoms with Crippen molar-refractivity contribution in [3.8, 4) is 6.07 Å². The van der Waals surface area contributed by atoms with Gasteiger partial charge in [0, 0.05) is 30.6 Å². The van der Waals surface area contributed by atoms with Gasteiger partial charge >= 0.3 is 0 Å². The molecule has 0 radical (unpaired) electrons. The monoisotopic (exact) mass is 355 g/mol. The number of nitriles is 1. The van der Waals surface area contributed by atoms with Crippen molar-refractivity contribution < 1.29 is 9.59 Å². The van der Waals surface area contributed by atoms with E-state index in [4.69, 9.17) is 11.6 Å². The minimum Gasteiger partial charge on any atom is -0.326 e. The zero-order chi connectivity index (χ0) is 18.4. The Morgan fingerprint density at radius 1 is 1.20 bits per heavy atom. The van der Waals surface area contributed by atoms with Gasteiger partial charge in [0.25, 0.3) is 0 Å². The van der Waals surface area contributed by atoms with Crippen molar-refractivity contribution in [2.75, 3.05) is 16.8 Å². The lowest BCUT2D eigenvalue weighted by atomic mass is 10.1. The van der Waals surface area contributed by atoms with E-state index in [0.29, 0.717) is 22.0 Å². The summed E-state index contributed by atoms with van der Waals surface area (Å²) in [4.78, 5) is 25.6. The van der Waals surface area contributed by atoms with Gasteiger partial charge in [-0.25, -0.2) is 0 Å². The molecule has 2 rings (SSSR count). The van der Waals surface area contributed by atoms with E-state index in [0.717, 1.165) is 5.56 Å². The highest BCUT2D eigenvalue weighted by atomic mass is 35.5. The topological polar surface area (TPSA) is 73.2 Å². The highest BCUT2D eigenvalue weighted by Crippen LogP contribution is 2.23. The molecule has 25 heavy (non-hydrogen) atoms. The van der Waals surface area contributed by atoms with Crippen molar-refractivity contribution in [2.24, 2.45) is 0 Å². The summed E-state index contributed by atoms with van der Waals surface area (Å²) in [6, 6.07) is 14.2. The SMILES string of the molecule is CC(=O)N(CCC(=O)Nc1cccc(Cl)c1C)c1ccccc1C#N. The molecule has 0 saturated heterocycles. The molecule has 0 spiro atoms. The second kappa shape index (κ2) is 8.32. The van der Waals surface area contributed by atoms with Crippen LogP contribution in [0.15, 0.2) is 42.5 Å². The van der Waals surface area contributed by atoms with E-state index in [2.05, 4.69) is 11.4 Å². The van der Waals surface area contributed by atoms with Crippen LogP contribution in [0.25, 0.3) is 0 Å². The average molecular weight is 356 g/mol. The number of hydrogen-bond acceptors (Lipinski definition) is 3. The number of nitrogens with one attached hydrogen (secondary N) is 1. The molecule has 5 nitrogen and oxygen atoms in total. The Morgan fingerprint density at radius 3 is 2.60 bits per heavy atom. The predicted octanol–water partition coefficient (Wildman–Crippen LogP) is 3.90. The van der Waals surface area contributed by atoms with Crippen LogP contribution in [0.1, 0.15) is 24.5 Å². The first-order valence-electron chi connectivity index (χ1n) is 7.76. The summed E-state index contributed by atoms with van der Waals surface area (Å²) in [5.41, 5.74) is 2.33. The number of anilines is 2. The molecule has 0 atom stereocenters. The van der Waals surface area contributed by atoms with Crippen LogP contribution in [-0.2, 0) is 9.59 Å². The first-order chi connectivity index (χ1) is 11.9. The Kier molecular flexibility index (Phi) is 6.15. The lowest BCUT2D eigenvalue weighted by molar-refractivity contribution is -0.117. The van der Waals surface area contributed by atoms with Gasteiger partial charge in [0.05, 0.1) is 11.3 Å². The summed E-state index contributed by atoms with van der Waals surface area (Å²) in [6.07, 6.45) is 0.102. The number of amides is 2. The third-order valence-electron chi connectivity index (χ3n) is 3.80. The molecule has 0 unspecified atom stereocenters. The fourth-order valence-corrected chi connectivity index (χ4v) is 2.59. The van der Waals surface area contributed by atoms with Gasteiger partial charge in [-0.05, 0) is 36.8 Å². The Balaban J connectivity index is 2.09. The highest BCUT2D eigenvalue weighted by Gasteiger charge is 2.17. The Hall–Kier alpha value is -2.84. The Labute approximate surface area is 151 Å². The van der Waals surface area contributed by atoms with Crippen LogP contribution in [0.2, 0.25) is 5.02 Å². The fourth-order valence-electron chi connectivity index (χ4n) is 2.42. The van der Waals surface area contributed by atoms with Gasteiger partial charge in [0.2, 0.25) is 11.8 Å². The van der Waals surface area contributed by atoms with E-state index >= 15 is 0 Å². The summed E-state index contributed by atoms with van der Waals surface area (Å²) >= 11 is 6.04. The summed E-state index contributed by atoms with van der Waals surface area (Å²) in [5, 5.41) is 12.6. The van der Waals surface area contributed by atoms with Gasteiger partial charge in [-0.1, -0.05) is 29.8 Å². The molecule has 6 heteroatoms. The number of hydrogen-bond donors (Lipinski definition) is 1. The maximum atomic E-state index is 12.2. The minimum absolute atomic E-state index is 0.102. The third kappa shape index (κ3) is 4.59.